The molecule has 3 aromatic rings. The highest BCUT2D eigenvalue weighted by molar-refractivity contribution is 9.10. The molecule has 0 heterocycles. The number of carbonyl (C=O) groups is 1. The lowest BCUT2D eigenvalue weighted by molar-refractivity contribution is 0.100. The quantitative estimate of drug-likeness (QED) is 0.134. The molecule has 0 aliphatic heterocycles. The van der Waals surface area contributed by atoms with Gasteiger partial charge in [0.05, 0.1) is 47.1 Å². The molecule has 0 saturated heterocycles. The first-order valence-corrected chi connectivity index (χ1v) is 12.3. The Kier molecular flexibility index (Phi) is 10.2. The van der Waals surface area contributed by atoms with Gasteiger partial charge in [-0.3, -0.25) is 9.79 Å². The summed E-state index contributed by atoms with van der Waals surface area (Å²) in [5, 5.41) is 0. The number of methoxy groups -OCH3 is 6. The van der Waals surface area contributed by atoms with Gasteiger partial charge < -0.3 is 28.4 Å². The Labute approximate surface area is 230 Å². The molecule has 0 saturated carbocycles. The molecule has 0 bridgehead atoms. The number of halogens is 1. The molecule has 38 heavy (non-hydrogen) atoms. The molecule has 9 heteroatoms. The second-order valence-electron chi connectivity index (χ2n) is 7.86. The summed E-state index contributed by atoms with van der Waals surface area (Å²) in [6, 6.07) is 12.6. The molecule has 0 amide bonds. The van der Waals surface area contributed by atoms with Crippen LogP contribution in [0.4, 0.5) is 5.69 Å². The number of ketones is 1. The van der Waals surface area contributed by atoms with E-state index in [1.807, 2.05) is 36.4 Å². The summed E-state index contributed by atoms with van der Waals surface area (Å²) < 4.78 is 33.0. The second-order valence-corrected chi connectivity index (χ2v) is 8.71. The summed E-state index contributed by atoms with van der Waals surface area (Å²) >= 11 is 3.55. The minimum Gasteiger partial charge on any atom is -0.493 e. The first kappa shape index (κ1) is 28.6. The van der Waals surface area contributed by atoms with Gasteiger partial charge in [0.2, 0.25) is 5.75 Å². The number of benzene rings is 3. The van der Waals surface area contributed by atoms with Crippen molar-refractivity contribution < 1.29 is 33.2 Å². The molecule has 8 nitrogen and oxygen atoms in total. The highest BCUT2D eigenvalue weighted by Crippen LogP contribution is 2.40. The third-order valence-electron chi connectivity index (χ3n) is 5.62. The topological polar surface area (TPSA) is 84.8 Å². The van der Waals surface area contributed by atoms with Crippen molar-refractivity contribution in [1.82, 2.24) is 0 Å². The van der Waals surface area contributed by atoms with Crippen molar-refractivity contribution in [2.75, 3.05) is 42.7 Å². The minimum absolute atomic E-state index is 0.0990. The van der Waals surface area contributed by atoms with Gasteiger partial charge in [-0.1, -0.05) is 12.2 Å². The minimum atomic E-state index is -0.105. The SMILES string of the molecule is COc1ccc(C(=O)CC=Nc2cc(/C=C\c3cc(OC)c(OC)c(OC)c3)cc(Br)c2OC)cc1OC. The van der Waals surface area contributed by atoms with Gasteiger partial charge in [-0.25, -0.2) is 0 Å². The molecule has 0 atom stereocenters. The number of rotatable bonds is 12. The van der Waals surface area contributed by atoms with Gasteiger partial charge in [0.1, 0.15) is 5.69 Å². The molecular formula is C29H30BrNO7. The van der Waals surface area contributed by atoms with Gasteiger partial charge in [0.15, 0.2) is 34.5 Å². The van der Waals surface area contributed by atoms with Crippen LogP contribution in [0.15, 0.2) is 51.9 Å². The van der Waals surface area contributed by atoms with Gasteiger partial charge >= 0.3 is 0 Å². The number of Topliss-reactive ketones (excluding diaryl/α,β-unsaturated/α-hetero) is 1. The number of hydrogen-bond donors (Lipinski definition) is 0. The van der Waals surface area contributed by atoms with Crippen LogP contribution in [0.3, 0.4) is 0 Å². The Morgan fingerprint density at radius 3 is 1.84 bits per heavy atom. The van der Waals surface area contributed by atoms with E-state index in [9.17, 15) is 4.79 Å². The fourth-order valence-electron chi connectivity index (χ4n) is 3.74. The van der Waals surface area contributed by atoms with Crippen molar-refractivity contribution >= 4 is 45.8 Å². The summed E-state index contributed by atoms with van der Waals surface area (Å²) in [7, 11) is 9.36. The molecule has 0 unspecified atom stereocenters. The van der Waals surface area contributed by atoms with Crippen molar-refractivity contribution in [3.8, 4) is 34.5 Å². The van der Waals surface area contributed by atoms with E-state index in [0.717, 1.165) is 15.6 Å². The molecule has 0 radical (unpaired) electrons. The average Bonchev–Trinajstić information content (AvgIpc) is 2.94. The Balaban J connectivity index is 1.85. The second kappa shape index (κ2) is 13.5. The van der Waals surface area contributed by atoms with Gasteiger partial charge in [0.25, 0.3) is 0 Å². The van der Waals surface area contributed by atoms with Crippen LogP contribution in [0.2, 0.25) is 0 Å². The molecule has 0 fully saturated rings. The predicted octanol–water partition coefficient (Wildman–Crippen LogP) is 6.65. The Bertz CT molecular complexity index is 1330. The number of hydrogen-bond acceptors (Lipinski definition) is 8. The molecule has 0 aliphatic carbocycles. The first-order chi connectivity index (χ1) is 18.4. The fraction of sp³-hybridized carbons (Fsp3) is 0.241. The first-order valence-electron chi connectivity index (χ1n) is 11.5. The number of aliphatic imine (C=N–C) groups is 1. The maximum Gasteiger partial charge on any atom is 0.203 e. The number of carbonyl (C=O) groups excluding carboxylic acids is 1. The monoisotopic (exact) mass is 583 g/mol. The van der Waals surface area contributed by atoms with E-state index in [-0.39, 0.29) is 12.2 Å². The van der Waals surface area contributed by atoms with Crippen LogP contribution in [-0.4, -0.2) is 54.7 Å². The summed E-state index contributed by atoms with van der Waals surface area (Å²) in [5.74, 6) is 3.16. The summed E-state index contributed by atoms with van der Waals surface area (Å²) in [4.78, 5) is 17.3. The smallest absolute Gasteiger partial charge is 0.203 e. The summed E-state index contributed by atoms with van der Waals surface area (Å²) in [6.45, 7) is 0. The van der Waals surface area contributed by atoms with Gasteiger partial charge in [0, 0.05) is 18.2 Å². The van der Waals surface area contributed by atoms with Crippen LogP contribution in [0.1, 0.15) is 27.9 Å². The van der Waals surface area contributed by atoms with Gasteiger partial charge in [-0.2, -0.15) is 0 Å². The molecule has 0 aromatic heterocycles. The Hall–Kier alpha value is -3.98. The predicted molar refractivity (Wildman–Crippen MR) is 152 cm³/mol. The van der Waals surface area contributed by atoms with Crippen LogP contribution in [-0.2, 0) is 0 Å². The average molecular weight is 584 g/mol. The van der Waals surface area contributed by atoms with E-state index >= 15 is 0 Å². The molecule has 0 spiro atoms. The maximum atomic E-state index is 12.7. The van der Waals surface area contributed by atoms with Crippen molar-refractivity contribution in [1.29, 1.82) is 0 Å². The molecule has 200 valence electrons. The molecule has 3 rings (SSSR count). The van der Waals surface area contributed by atoms with E-state index in [1.165, 1.54) is 7.11 Å². The van der Waals surface area contributed by atoms with Crippen LogP contribution >= 0.6 is 15.9 Å². The van der Waals surface area contributed by atoms with Gasteiger partial charge in [-0.15, -0.1) is 0 Å². The molecule has 3 aromatic carbocycles. The van der Waals surface area contributed by atoms with Crippen LogP contribution in [0.25, 0.3) is 12.2 Å². The Morgan fingerprint density at radius 1 is 0.711 bits per heavy atom. The van der Waals surface area contributed by atoms with Crippen molar-refractivity contribution in [3.63, 3.8) is 0 Å². The van der Waals surface area contributed by atoms with E-state index in [2.05, 4.69) is 20.9 Å². The van der Waals surface area contributed by atoms with E-state index in [0.29, 0.717) is 45.7 Å². The molecule has 0 aliphatic rings. The molecular weight excluding hydrogens is 554 g/mol. The number of ether oxygens (including phenoxy) is 6. The van der Waals surface area contributed by atoms with Crippen molar-refractivity contribution in [3.05, 3.63) is 63.6 Å². The lowest BCUT2D eigenvalue weighted by Crippen LogP contribution is -2.01. The van der Waals surface area contributed by atoms with Crippen molar-refractivity contribution in [2.45, 2.75) is 6.42 Å². The zero-order valence-corrected chi connectivity index (χ0v) is 23.7. The third-order valence-corrected chi connectivity index (χ3v) is 6.21. The van der Waals surface area contributed by atoms with E-state index < -0.39 is 0 Å². The van der Waals surface area contributed by atoms with E-state index in [1.54, 1.807) is 60.0 Å². The van der Waals surface area contributed by atoms with Gasteiger partial charge in [-0.05, 0) is 69.5 Å². The summed E-state index contributed by atoms with van der Waals surface area (Å²) in [6.07, 6.45) is 5.52. The van der Waals surface area contributed by atoms with Crippen molar-refractivity contribution in [2.24, 2.45) is 4.99 Å². The fourth-order valence-corrected chi connectivity index (χ4v) is 4.37. The van der Waals surface area contributed by atoms with Crippen LogP contribution in [0.5, 0.6) is 34.5 Å². The third kappa shape index (κ3) is 6.66. The highest BCUT2D eigenvalue weighted by atomic mass is 79.9. The zero-order chi connectivity index (χ0) is 27.7. The van der Waals surface area contributed by atoms with E-state index in [4.69, 9.17) is 28.4 Å². The zero-order valence-electron chi connectivity index (χ0n) is 22.2. The maximum absolute atomic E-state index is 12.7. The highest BCUT2D eigenvalue weighted by Gasteiger charge is 2.13. The number of nitrogens with zero attached hydrogens (tertiary/aromatic N) is 1. The van der Waals surface area contributed by atoms with Crippen LogP contribution < -0.4 is 28.4 Å². The van der Waals surface area contributed by atoms with Crippen LogP contribution in [0, 0.1) is 0 Å². The molecule has 0 N–H and O–H groups in total. The summed E-state index contributed by atoms with van der Waals surface area (Å²) in [5.41, 5.74) is 2.80. The standard InChI is InChI=1S/C29H30BrNO7/c1-33-24-10-9-20(17-25(24)34-2)23(32)11-12-31-22-14-18(13-21(30)28(22)37-5)7-8-19-15-26(35-3)29(38-6)27(16-19)36-4/h7-10,12-17H,11H2,1-6H3/b8-7-,31-12?. The largest absolute Gasteiger partial charge is 0.493 e. The lowest BCUT2D eigenvalue weighted by Gasteiger charge is -2.13. The lowest BCUT2D eigenvalue weighted by atomic mass is 10.1. The normalized spacial score (nSPS) is 11.0. The Morgan fingerprint density at radius 2 is 1.29 bits per heavy atom.